The molecule has 2 fully saturated rings. The number of thiazole rings is 1. The highest BCUT2D eigenvalue weighted by molar-refractivity contribution is 7.98. The van der Waals surface area contributed by atoms with E-state index in [1.165, 1.54) is 17.7 Å². The zero-order valence-electron chi connectivity index (χ0n) is 17.9. The Morgan fingerprint density at radius 3 is 2.75 bits per heavy atom. The molecule has 1 amide bonds. The number of carbonyl (C=O) groups excluding carboxylic acids is 1. The molecule has 0 spiro atoms. The van der Waals surface area contributed by atoms with Gasteiger partial charge in [-0.1, -0.05) is 30.3 Å². The number of benzene rings is 2. The lowest BCUT2D eigenvalue weighted by Gasteiger charge is -2.22. The molecule has 162 valence electrons. The number of H-pyrrole nitrogens is 1. The second-order valence-corrected chi connectivity index (χ2v) is 10.4. The number of rotatable bonds is 5. The smallest absolute Gasteiger partial charge is 0.274 e. The van der Waals surface area contributed by atoms with Crippen LogP contribution in [0.4, 0.5) is 0 Å². The number of aromatic amines is 1. The molecule has 1 N–H and O–H groups in total. The Labute approximate surface area is 195 Å². The van der Waals surface area contributed by atoms with Gasteiger partial charge in [0, 0.05) is 17.4 Å². The Balaban J connectivity index is 1.36. The standard InChI is InChI=1S/C25H24N4OS2/c1-31-17-11-12-18-19(14-17)27-23(26-18)20-8-5-13-29(20)25(30)21-22(15-6-3-2-4-7-15)32-24(28-21)16-9-10-16/h2-4,6-7,11-12,14,16,20H,5,8-10,13H2,1H3,(H,26,27)/t20-/m0/s1. The molecule has 0 bridgehead atoms. The zero-order valence-corrected chi connectivity index (χ0v) is 19.5. The van der Waals surface area contributed by atoms with E-state index in [1.54, 1.807) is 23.1 Å². The quantitative estimate of drug-likeness (QED) is 0.357. The largest absolute Gasteiger partial charge is 0.340 e. The molecule has 2 aromatic carbocycles. The summed E-state index contributed by atoms with van der Waals surface area (Å²) in [6.07, 6.45) is 6.33. The third-order valence-electron chi connectivity index (χ3n) is 6.35. The van der Waals surface area contributed by atoms with Gasteiger partial charge in [0.2, 0.25) is 0 Å². The van der Waals surface area contributed by atoms with Crippen LogP contribution >= 0.6 is 23.1 Å². The van der Waals surface area contributed by atoms with Crippen molar-refractivity contribution >= 4 is 40.0 Å². The fourth-order valence-corrected chi connectivity index (χ4v) is 6.17. The number of hydrogen-bond donors (Lipinski definition) is 1. The molecule has 1 saturated carbocycles. The maximum atomic E-state index is 13.8. The molecule has 1 saturated heterocycles. The van der Waals surface area contributed by atoms with E-state index in [0.29, 0.717) is 11.6 Å². The minimum atomic E-state index is -0.0395. The maximum Gasteiger partial charge on any atom is 0.274 e. The molecule has 32 heavy (non-hydrogen) atoms. The second kappa shape index (κ2) is 8.05. The summed E-state index contributed by atoms with van der Waals surface area (Å²) in [4.78, 5) is 31.2. The van der Waals surface area contributed by atoms with E-state index in [-0.39, 0.29) is 11.9 Å². The van der Waals surface area contributed by atoms with Crippen molar-refractivity contribution in [1.82, 2.24) is 19.9 Å². The summed E-state index contributed by atoms with van der Waals surface area (Å²) in [5.41, 5.74) is 3.66. The van der Waals surface area contributed by atoms with E-state index in [0.717, 1.165) is 51.7 Å². The van der Waals surface area contributed by atoms with Gasteiger partial charge in [-0.15, -0.1) is 23.1 Å². The molecule has 1 aliphatic heterocycles. The summed E-state index contributed by atoms with van der Waals surface area (Å²) in [5.74, 6) is 1.43. The molecular formula is C25H24N4OS2. The highest BCUT2D eigenvalue weighted by atomic mass is 32.2. The minimum absolute atomic E-state index is 0.0276. The molecule has 5 nitrogen and oxygen atoms in total. The Kier molecular flexibility index (Phi) is 5.03. The van der Waals surface area contributed by atoms with E-state index < -0.39 is 0 Å². The van der Waals surface area contributed by atoms with E-state index >= 15 is 0 Å². The molecule has 6 rings (SSSR count). The fourth-order valence-electron chi connectivity index (χ4n) is 4.50. The number of amides is 1. The van der Waals surface area contributed by atoms with Crippen LogP contribution in [-0.2, 0) is 0 Å². The minimum Gasteiger partial charge on any atom is -0.340 e. The van der Waals surface area contributed by atoms with Crippen molar-refractivity contribution < 1.29 is 4.79 Å². The van der Waals surface area contributed by atoms with Gasteiger partial charge in [-0.25, -0.2) is 9.97 Å². The van der Waals surface area contributed by atoms with Crippen molar-refractivity contribution in [2.45, 2.75) is 42.5 Å². The average Bonchev–Trinajstić information content (AvgIpc) is 3.25. The molecule has 0 radical (unpaired) electrons. The number of aromatic nitrogens is 3. The maximum absolute atomic E-state index is 13.8. The topological polar surface area (TPSA) is 61.9 Å². The molecular weight excluding hydrogens is 436 g/mol. The van der Waals surface area contributed by atoms with Crippen molar-refractivity contribution in [2.75, 3.05) is 12.8 Å². The summed E-state index contributed by atoms with van der Waals surface area (Å²) >= 11 is 3.41. The third kappa shape index (κ3) is 3.53. The van der Waals surface area contributed by atoms with Crippen molar-refractivity contribution in [1.29, 1.82) is 0 Å². The van der Waals surface area contributed by atoms with E-state index in [9.17, 15) is 4.79 Å². The lowest BCUT2D eigenvalue weighted by Crippen LogP contribution is -2.31. The Hall–Kier alpha value is -2.64. The van der Waals surface area contributed by atoms with E-state index in [1.807, 2.05) is 23.1 Å². The van der Waals surface area contributed by atoms with E-state index in [2.05, 4.69) is 41.6 Å². The summed E-state index contributed by atoms with van der Waals surface area (Å²) in [5, 5.41) is 1.11. The van der Waals surface area contributed by atoms with Gasteiger partial charge in [-0.05, 0) is 55.7 Å². The fraction of sp³-hybridized carbons (Fsp3) is 0.320. The van der Waals surface area contributed by atoms with E-state index in [4.69, 9.17) is 9.97 Å². The van der Waals surface area contributed by atoms with Gasteiger partial charge < -0.3 is 9.88 Å². The normalized spacial score (nSPS) is 18.5. The number of likely N-dealkylation sites (tertiary alicyclic amines) is 1. The van der Waals surface area contributed by atoms with Crippen LogP contribution in [0, 0.1) is 0 Å². The van der Waals surface area contributed by atoms with Gasteiger partial charge in [0.05, 0.1) is 27.0 Å². The van der Waals surface area contributed by atoms with Gasteiger partial charge in [0.1, 0.15) is 11.5 Å². The number of fused-ring (bicyclic) bond motifs is 1. The molecule has 2 aliphatic rings. The highest BCUT2D eigenvalue weighted by Crippen LogP contribution is 2.45. The van der Waals surface area contributed by atoms with Gasteiger partial charge in [-0.3, -0.25) is 4.79 Å². The van der Waals surface area contributed by atoms with Gasteiger partial charge >= 0.3 is 0 Å². The van der Waals surface area contributed by atoms with Crippen LogP contribution in [0.5, 0.6) is 0 Å². The van der Waals surface area contributed by atoms with Crippen molar-refractivity contribution in [3.05, 3.63) is 65.1 Å². The van der Waals surface area contributed by atoms with Crippen LogP contribution in [0.3, 0.4) is 0 Å². The van der Waals surface area contributed by atoms with Crippen molar-refractivity contribution in [2.24, 2.45) is 0 Å². The summed E-state index contributed by atoms with van der Waals surface area (Å²) < 4.78 is 0. The first-order chi connectivity index (χ1) is 15.7. The molecule has 4 aromatic rings. The number of thioether (sulfide) groups is 1. The number of nitrogens with zero attached hydrogens (tertiary/aromatic N) is 3. The van der Waals surface area contributed by atoms with Gasteiger partial charge in [0.25, 0.3) is 5.91 Å². The van der Waals surface area contributed by atoms with Crippen LogP contribution in [0.25, 0.3) is 21.5 Å². The monoisotopic (exact) mass is 460 g/mol. The Morgan fingerprint density at radius 1 is 1.12 bits per heavy atom. The van der Waals surface area contributed by atoms with Crippen molar-refractivity contribution in [3.8, 4) is 10.4 Å². The SMILES string of the molecule is CSc1ccc2nc([C@@H]3CCCN3C(=O)c3nc(C4CC4)sc3-c3ccccc3)[nH]c2c1. The van der Waals surface area contributed by atoms with Crippen molar-refractivity contribution in [3.63, 3.8) is 0 Å². The average molecular weight is 461 g/mol. The Bertz CT molecular complexity index is 1290. The molecule has 1 atom stereocenters. The molecule has 2 aromatic heterocycles. The number of carbonyl (C=O) groups is 1. The third-order valence-corrected chi connectivity index (χ3v) is 8.34. The van der Waals surface area contributed by atoms with Crippen LogP contribution in [-0.4, -0.2) is 38.6 Å². The lowest BCUT2D eigenvalue weighted by atomic mass is 10.1. The van der Waals surface area contributed by atoms with Gasteiger partial charge in [-0.2, -0.15) is 0 Å². The molecule has 0 unspecified atom stereocenters. The zero-order chi connectivity index (χ0) is 21.7. The van der Waals surface area contributed by atoms with Crippen LogP contribution in [0.2, 0.25) is 0 Å². The van der Waals surface area contributed by atoms with Crippen LogP contribution in [0.1, 0.15) is 59.0 Å². The Morgan fingerprint density at radius 2 is 1.97 bits per heavy atom. The van der Waals surface area contributed by atoms with Gasteiger partial charge in [0.15, 0.2) is 0 Å². The number of nitrogens with one attached hydrogen (secondary N) is 1. The first-order valence-corrected chi connectivity index (χ1v) is 13.2. The lowest BCUT2D eigenvalue weighted by molar-refractivity contribution is 0.0726. The second-order valence-electron chi connectivity index (χ2n) is 8.53. The predicted molar refractivity (Wildman–Crippen MR) is 130 cm³/mol. The first kappa shape index (κ1) is 20.0. The summed E-state index contributed by atoms with van der Waals surface area (Å²) in [6, 6.07) is 16.4. The first-order valence-electron chi connectivity index (χ1n) is 11.1. The number of hydrogen-bond acceptors (Lipinski definition) is 5. The molecule has 3 heterocycles. The molecule has 7 heteroatoms. The summed E-state index contributed by atoms with van der Waals surface area (Å²) in [6.45, 7) is 0.737. The van der Waals surface area contributed by atoms with Crippen LogP contribution < -0.4 is 0 Å². The summed E-state index contributed by atoms with van der Waals surface area (Å²) in [7, 11) is 0. The molecule has 1 aliphatic carbocycles. The predicted octanol–water partition coefficient (Wildman–Crippen LogP) is 6.26. The van der Waals surface area contributed by atoms with Crippen LogP contribution in [0.15, 0.2) is 53.4 Å². The highest BCUT2D eigenvalue weighted by Gasteiger charge is 2.37. The number of imidazole rings is 1.